The molecule has 0 aliphatic rings. The maximum atomic E-state index is 12.6. The Hall–Kier alpha value is -2.63. The summed E-state index contributed by atoms with van der Waals surface area (Å²) in [4.78, 5) is 16.7. The number of hydrogen-bond acceptors (Lipinski definition) is 3. The number of nitrogens with one attached hydrogen (secondary N) is 2. The van der Waals surface area contributed by atoms with Gasteiger partial charge in [0.1, 0.15) is 17.8 Å². The Morgan fingerprint density at radius 2 is 2.23 bits per heavy atom. The van der Waals surface area contributed by atoms with Crippen LogP contribution in [0.25, 0.3) is 10.9 Å². The Balaban J connectivity index is 1.91. The molecule has 22 heavy (non-hydrogen) atoms. The minimum Gasteiger partial charge on any atom is -0.341 e. The molecule has 114 valence electrons. The van der Waals surface area contributed by atoms with E-state index < -0.39 is 0 Å². The van der Waals surface area contributed by atoms with Crippen molar-refractivity contribution in [2.75, 3.05) is 0 Å². The molecule has 0 spiro atoms. The summed E-state index contributed by atoms with van der Waals surface area (Å²) >= 11 is 0. The fourth-order valence-electron chi connectivity index (χ4n) is 2.63. The van der Waals surface area contributed by atoms with Gasteiger partial charge in [0.2, 0.25) is 0 Å². The lowest BCUT2D eigenvalue weighted by atomic mass is 10.2. The number of fused-ring (bicyclic) bond motifs is 1. The lowest BCUT2D eigenvalue weighted by Crippen LogP contribution is -2.29. The van der Waals surface area contributed by atoms with E-state index in [1.807, 2.05) is 37.3 Å². The maximum absolute atomic E-state index is 12.6. The van der Waals surface area contributed by atoms with Crippen LogP contribution >= 0.6 is 0 Å². The predicted molar refractivity (Wildman–Crippen MR) is 84.5 cm³/mol. The van der Waals surface area contributed by atoms with E-state index in [0.29, 0.717) is 11.5 Å². The van der Waals surface area contributed by atoms with Crippen LogP contribution in [0.2, 0.25) is 0 Å². The molecule has 0 fully saturated rings. The zero-order chi connectivity index (χ0) is 15.5. The smallest absolute Gasteiger partial charge is 0.268 e. The van der Waals surface area contributed by atoms with Crippen LogP contribution in [0.15, 0.2) is 36.7 Å². The minimum absolute atomic E-state index is 0.103. The normalized spacial score (nSPS) is 12.5. The summed E-state index contributed by atoms with van der Waals surface area (Å²) in [6.07, 6.45) is 2.41. The molecule has 6 heteroatoms. The molecule has 1 unspecified atom stereocenters. The molecule has 6 nitrogen and oxygen atoms in total. The van der Waals surface area contributed by atoms with Gasteiger partial charge in [0.15, 0.2) is 0 Å². The summed E-state index contributed by atoms with van der Waals surface area (Å²) in [5, 5.41) is 10.6. The number of para-hydroxylation sites is 1. The van der Waals surface area contributed by atoms with E-state index >= 15 is 0 Å². The molecule has 0 aliphatic carbocycles. The van der Waals surface area contributed by atoms with Crippen molar-refractivity contribution in [2.45, 2.75) is 32.9 Å². The first kappa shape index (κ1) is 14.3. The molecule has 1 amide bonds. The van der Waals surface area contributed by atoms with Gasteiger partial charge in [-0.15, -0.1) is 0 Å². The number of amides is 1. The van der Waals surface area contributed by atoms with Gasteiger partial charge in [-0.2, -0.15) is 5.10 Å². The van der Waals surface area contributed by atoms with Gasteiger partial charge in [-0.1, -0.05) is 25.1 Å². The number of aromatic amines is 1. The first-order chi connectivity index (χ1) is 10.7. The van der Waals surface area contributed by atoms with Crippen molar-refractivity contribution < 1.29 is 4.79 Å². The Bertz CT molecular complexity index is 775. The second-order valence-corrected chi connectivity index (χ2v) is 5.31. The molecule has 3 aromatic rings. The fourth-order valence-corrected chi connectivity index (χ4v) is 2.63. The number of rotatable bonds is 5. The molecule has 0 radical (unpaired) electrons. The number of benzene rings is 1. The second kappa shape index (κ2) is 6.01. The number of aromatic nitrogens is 4. The molecule has 1 aromatic carbocycles. The van der Waals surface area contributed by atoms with Crippen molar-refractivity contribution in [3.63, 3.8) is 0 Å². The van der Waals surface area contributed by atoms with Crippen molar-refractivity contribution >= 4 is 16.8 Å². The molecular weight excluding hydrogens is 278 g/mol. The number of aryl methyl sites for hydroxylation is 1. The summed E-state index contributed by atoms with van der Waals surface area (Å²) in [6, 6.07) is 9.76. The van der Waals surface area contributed by atoms with E-state index in [-0.39, 0.29) is 11.9 Å². The van der Waals surface area contributed by atoms with E-state index in [1.54, 1.807) is 0 Å². The SMILES string of the molecule is CCCn1c(C(=O)NC(C)c2ncn[nH]2)cc2ccccc21. The first-order valence-electron chi connectivity index (χ1n) is 7.45. The summed E-state index contributed by atoms with van der Waals surface area (Å²) in [5.74, 6) is 0.542. The minimum atomic E-state index is -0.219. The standard InChI is InChI=1S/C16H19N5O/c1-3-8-21-13-7-5-4-6-12(13)9-14(21)16(22)19-11(2)15-17-10-18-20-15/h4-7,9-11H,3,8H2,1-2H3,(H,19,22)(H,17,18,20). The van der Waals surface area contributed by atoms with Crippen molar-refractivity contribution in [3.8, 4) is 0 Å². The van der Waals surface area contributed by atoms with Crippen LogP contribution in [-0.4, -0.2) is 25.7 Å². The molecule has 0 saturated carbocycles. The van der Waals surface area contributed by atoms with Crippen LogP contribution in [0.3, 0.4) is 0 Å². The number of hydrogen-bond donors (Lipinski definition) is 2. The van der Waals surface area contributed by atoms with Crippen molar-refractivity contribution in [2.24, 2.45) is 0 Å². The van der Waals surface area contributed by atoms with Gasteiger partial charge in [-0.25, -0.2) is 4.98 Å². The fraction of sp³-hybridized carbons (Fsp3) is 0.312. The van der Waals surface area contributed by atoms with Crippen molar-refractivity contribution in [1.82, 2.24) is 25.1 Å². The van der Waals surface area contributed by atoms with E-state index in [0.717, 1.165) is 23.9 Å². The molecule has 2 aromatic heterocycles. The Morgan fingerprint density at radius 3 is 2.95 bits per heavy atom. The highest BCUT2D eigenvalue weighted by atomic mass is 16.2. The zero-order valence-electron chi connectivity index (χ0n) is 12.7. The average Bonchev–Trinajstić information content (AvgIpc) is 3.16. The van der Waals surface area contributed by atoms with Crippen LogP contribution in [0, 0.1) is 0 Å². The monoisotopic (exact) mass is 297 g/mol. The van der Waals surface area contributed by atoms with E-state index in [9.17, 15) is 4.79 Å². The third kappa shape index (κ3) is 2.59. The lowest BCUT2D eigenvalue weighted by Gasteiger charge is -2.13. The predicted octanol–water partition coefficient (Wildman–Crippen LogP) is 2.66. The average molecular weight is 297 g/mol. The first-order valence-corrected chi connectivity index (χ1v) is 7.45. The van der Waals surface area contributed by atoms with E-state index in [1.165, 1.54) is 6.33 Å². The highest BCUT2D eigenvalue weighted by molar-refractivity contribution is 5.98. The topological polar surface area (TPSA) is 75.6 Å². The lowest BCUT2D eigenvalue weighted by molar-refractivity contribution is 0.0929. The van der Waals surface area contributed by atoms with Crippen molar-refractivity contribution in [1.29, 1.82) is 0 Å². The molecule has 3 rings (SSSR count). The van der Waals surface area contributed by atoms with Crippen LogP contribution in [-0.2, 0) is 6.54 Å². The van der Waals surface area contributed by atoms with Gasteiger partial charge in [0, 0.05) is 17.4 Å². The van der Waals surface area contributed by atoms with Gasteiger partial charge in [-0.05, 0) is 25.5 Å². The molecular formula is C16H19N5O. The summed E-state index contributed by atoms with van der Waals surface area (Å²) in [6.45, 7) is 4.80. The summed E-state index contributed by atoms with van der Waals surface area (Å²) in [5.41, 5.74) is 1.76. The molecule has 2 N–H and O–H groups in total. The van der Waals surface area contributed by atoms with Crippen molar-refractivity contribution in [3.05, 3.63) is 48.2 Å². The van der Waals surface area contributed by atoms with Crippen LogP contribution in [0.4, 0.5) is 0 Å². The Kier molecular flexibility index (Phi) is 3.91. The third-order valence-electron chi connectivity index (χ3n) is 3.68. The number of carbonyl (C=O) groups is 1. The molecule has 2 heterocycles. The van der Waals surface area contributed by atoms with Gasteiger partial charge in [-0.3, -0.25) is 9.89 Å². The van der Waals surface area contributed by atoms with Gasteiger partial charge in [0.25, 0.3) is 5.91 Å². The molecule has 0 saturated heterocycles. The summed E-state index contributed by atoms with van der Waals surface area (Å²) < 4.78 is 2.07. The number of nitrogens with zero attached hydrogens (tertiary/aromatic N) is 3. The van der Waals surface area contributed by atoms with Gasteiger partial charge < -0.3 is 9.88 Å². The Morgan fingerprint density at radius 1 is 1.41 bits per heavy atom. The molecule has 0 aliphatic heterocycles. The zero-order valence-corrected chi connectivity index (χ0v) is 12.7. The Labute approximate surface area is 128 Å². The third-order valence-corrected chi connectivity index (χ3v) is 3.68. The van der Waals surface area contributed by atoms with Crippen LogP contribution < -0.4 is 5.32 Å². The largest absolute Gasteiger partial charge is 0.341 e. The molecule has 1 atom stereocenters. The van der Waals surface area contributed by atoms with Gasteiger partial charge in [0.05, 0.1) is 6.04 Å². The van der Waals surface area contributed by atoms with E-state index in [2.05, 4.69) is 32.0 Å². The van der Waals surface area contributed by atoms with Crippen LogP contribution in [0.1, 0.15) is 42.6 Å². The molecule has 0 bridgehead atoms. The highest BCUT2D eigenvalue weighted by Gasteiger charge is 2.18. The number of H-pyrrole nitrogens is 1. The van der Waals surface area contributed by atoms with Crippen LogP contribution in [0.5, 0.6) is 0 Å². The number of carbonyl (C=O) groups excluding carboxylic acids is 1. The maximum Gasteiger partial charge on any atom is 0.268 e. The second-order valence-electron chi connectivity index (χ2n) is 5.31. The summed E-state index contributed by atoms with van der Waals surface area (Å²) in [7, 11) is 0. The quantitative estimate of drug-likeness (QED) is 0.760. The van der Waals surface area contributed by atoms with Gasteiger partial charge >= 0.3 is 0 Å². The highest BCUT2D eigenvalue weighted by Crippen LogP contribution is 2.21. The van der Waals surface area contributed by atoms with E-state index in [4.69, 9.17) is 0 Å².